The van der Waals surface area contributed by atoms with Gasteiger partial charge in [0.25, 0.3) is 0 Å². The fraction of sp³-hybridized carbons (Fsp3) is 0.333. The maximum Gasteiger partial charge on any atom is 0.162 e. The second-order valence-corrected chi connectivity index (χ2v) is 10.8. The van der Waals surface area contributed by atoms with Gasteiger partial charge in [0.2, 0.25) is 0 Å². The van der Waals surface area contributed by atoms with Gasteiger partial charge in [-0.15, -0.1) is 11.3 Å². The Bertz CT molecular complexity index is 1170. The number of nitrogens with zero attached hydrogens (tertiary/aromatic N) is 2. The summed E-state index contributed by atoms with van der Waals surface area (Å²) in [6.45, 7) is 6.25. The number of halogens is 2. The Hall–Kier alpha value is -2.26. The molecule has 2 aromatic rings. The number of hydrogen-bond donors (Lipinski definition) is 1. The Labute approximate surface area is 196 Å². The van der Waals surface area contributed by atoms with Crippen LogP contribution in [0.25, 0.3) is 0 Å². The number of Topliss-reactive ketones (excluding diaryl/α,β-unsaturated/α-hetero) is 1. The molecule has 2 aliphatic rings. The molecule has 4 nitrogen and oxygen atoms in total. The lowest BCUT2D eigenvalue weighted by Gasteiger charge is -2.43. The molecule has 2 heterocycles. The molecular weight excluding hydrogens is 449 g/mol. The van der Waals surface area contributed by atoms with E-state index in [1.165, 1.54) is 4.88 Å². The summed E-state index contributed by atoms with van der Waals surface area (Å²) in [4.78, 5) is 17.5. The first-order valence-corrected chi connectivity index (χ1v) is 11.7. The molecule has 0 radical (unpaired) electrons. The number of anilines is 1. The van der Waals surface area contributed by atoms with Gasteiger partial charge in [0, 0.05) is 37.5 Å². The standard InChI is InChI=1S/C24H23Cl2N3OS/c1-4-16-5-6-20(31-16)21-17(12-27)23(28)29(15-8-13(25)7-14(26)9-15)18-10-24(2,3)11-19(30)22(18)21/h5-9,21H,4,10-11,28H2,1-3H3/t21-/m1/s1. The van der Waals surface area contributed by atoms with Crippen molar-refractivity contribution >= 4 is 46.0 Å². The number of aryl methyl sites for hydroxylation is 1. The number of nitrogens with two attached hydrogens (primary N) is 1. The van der Waals surface area contributed by atoms with E-state index in [9.17, 15) is 10.1 Å². The van der Waals surface area contributed by atoms with Crippen LogP contribution < -0.4 is 10.6 Å². The van der Waals surface area contributed by atoms with Crippen LogP contribution in [0.5, 0.6) is 0 Å². The molecule has 1 aromatic carbocycles. The summed E-state index contributed by atoms with van der Waals surface area (Å²) < 4.78 is 0. The SMILES string of the molecule is CCc1ccc([C@H]2C(C#N)=C(N)N(c3cc(Cl)cc(Cl)c3)C3=C2C(=O)CC(C)(C)C3)s1. The summed E-state index contributed by atoms with van der Waals surface area (Å²) in [6, 6.07) is 11.5. The third-order valence-electron chi connectivity index (χ3n) is 5.80. The van der Waals surface area contributed by atoms with E-state index in [1.807, 2.05) is 6.07 Å². The molecule has 7 heteroatoms. The molecule has 0 fully saturated rings. The molecule has 0 bridgehead atoms. The van der Waals surface area contributed by atoms with E-state index in [2.05, 4.69) is 32.9 Å². The van der Waals surface area contributed by atoms with Gasteiger partial charge in [-0.2, -0.15) is 5.26 Å². The Morgan fingerprint density at radius 1 is 1.23 bits per heavy atom. The van der Waals surface area contributed by atoms with Gasteiger partial charge >= 0.3 is 0 Å². The summed E-state index contributed by atoms with van der Waals surface area (Å²) in [5.74, 6) is -0.0672. The first kappa shape index (κ1) is 22.0. The van der Waals surface area contributed by atoms with Crippen molar-refractivity contribution in [1.82, 2.24) is 0 Å². The van der Waals surface area contributed by atoms with Gasteiger partial charge in [-0.25, -0.2) is 0 Å². The van der Waals surface area contributed by atoms with E-state index in [0.717, 1.165) is 17.0 Å². The van der Waals surface area contributed by atoms with Crippen molar-refractivity contribution in [3.8, 4) is 6.07 Å². The van der Waals surface area contributed by atoms with Crippen LogP contribution in [0.3, 0.4) is 0 Å². The number of nitriles is 1. The van der Waals surface area contributed by atoms with Crippen molar-refractivity contribution in [2.75, 3.05) is 4.90 Å². The highest BCUT2D eigenvalue weighted by molar-refractivity contribution is 7.12. The molecule has 2 N–H and O–H groups in total. The van der Waals surface area contributed by atoms with Gasteiger partial charge in [-0.3, -0.25) is 9.69 Å². The second-order valence-electron chi connectivity index (χ2n) is 8.77. The first-order valence-electron chi connectivity index (χ1n) is 10.2. The van der Waals surface area contributed by atoms with Gasteiger partial charge in [0.05, 0.1) is 23.2 Å². The van der Waals surface area contributed by atoms with E-state index in [1.54, 1.807) is 34.4 Å². The van der Waals surface area contributed by atoms with Crippen molar-refractivity contribution in [2.45, 2.75) is 46.0 Å². The number of carbonyl (C=O) groups excluding carboxylic acids is 1. The van der Waals surface area contributed by atoms with Gasteiger partial charge in [-0.1, -0.05) is 44.0 Å². The van der Waals surface area contributed by atoms with Crippen LogP contribution in [-0.2, 0) is 11.2 Å². The Morgan fingerprint density at radius 3 is 2.48 bits per heavy atom. The molecule has 1 aromatic heterocycles. The molecule has 0 unspecified atom stereocenters. The van der Waals surface area contributed by atoms with E-state index in [0.29, 0.717) is 45.5 Å². The number of hydrogen-bond acceptors (Lipinski definition) is 5. The zero-order chi connectivity index (χ0) is 22.5. The fourth-order valence-corrected chi connectivity index (χ4v) is 6.08. The monoisotopic (exact) mass is 471 g/mol. The summed E-state index contributed by atoms with van der Waals surface area (Å²) in [5, 5.41) is 11.0. The fourth-order valence-electron chi connectivity index (χ4n) is 4.50. The van der Waals surface area contributed by atoms with Crippen molar-refractivity contribution in [3.05, 3.63) is 72.8 Å². The van der Waals surface area contributed by atoms with Crippen molar-refractivity contribution in [2.24, 2.45) is 11.1 Å². The molecule has 0 saturated carbocycles. The van der Waals surface area contributed by atoms with E-state index >= 15 is 0 Å². The highest BCUT2D eigenvalue weighted by atomic mass is 35.5. The molecule has 1 aliphatic carbocycles. The summed E-state index contributed by atoms with van der Waals surface area (Å²) in [5.41, 5.74) is 8.92. The first-order chi connectivity index (χ1) is 14.6. The van der Waals surface area contributed by atoms with Crippen molar-refractivity contribution < 1.29 is 4.79 Å². The zero-order valence-electron chi connectivity index (χ0n) is 17.6. The number of rotatable bonds is 3. The minimum absolute atomic E-state index is 0.0565. The number of carbonyl (C=O) groups is 1. The lowest BCUT2D eigenvalue weighted by Crippen LogP contribution is -2.42. The highest BCUT2D eigenvalue weighted by Crippen LogP contribution is 2.51. The average molecular weight is 472 g/mol. The van der Waals surface area contributed by atoms with Crippen LogP contribution in [-0.4, -0.2) is 5.78 Å². The highest BCUT2D eigenvalue weighted by Gasteiger charge is 2.45. The van der Waals surface area contributed by atoms with Crippen LogP contribution in [0.15, 0.2) is 53.0 Å². The smallest absolute Gasteiger partial charge is 0.162 e. The maximum absolute atomic E-state index is 13.5. The Balaban J connectivity index is 2.00. The van der Waals surface area contributed by atoms with Crippen LogP contribution in [0.1, 0.15) is 49.3 Å². The van der Waals surface area contributed by atoms with E-state index in [-0.39, 0.29) is 11.2 Å². The van der Waals surface area contributed by atoms with E-state index in [4.69, 9.17) is 28.9 Å². The third kappa shape index (κ3) is 3.89. The lowest BCUT2D eigenvalue weighted by atomic mass is 9.69. The summed E-state index contributed by atoms with van der Waals surface area (Å²) >= 11 is 14.2. The predicted octanol–water partition coefficient (Wildman–Crippen LogP) is 6.56. The second kappa shape index (κ2) is 8.02. The molecule has 1 atom stereocenters. The van der Waals surface area contributed by atoms with Crippen LogP contribution >= 0.6 is 34.5 Å². The molecule has 4 rings (SSSR count). The van der Waals surface area contributed by atoms with Gasteiger partial charge in [0.1, 0.15) is 5.82 Å². The summed E-state index contributed by atoms with van der Waals surface area (Å²) in [6.07, 6.45) is 1.98. The number of benzene rings is 1. The van der Waals surface area contributed by atoms with Crippen LogP contribution in [0, 0.1) is 16.7 Å². The quantitative estimate of drug-likeness (QED) is 0.549. The molecule has 160 valence electrons. The maximum atomic E-state index is 13.5. The van der Waals surface area contributed by atoms with Crippen LogP contribution in [0.4, 0.5) is 5.69 Å². The molecule has 1 aliphatic heterocycles. The minimum Gasteiger partial charge on any atom is -0.384 e. The lowest BCUT2D eigenvalue weighted by molar-refractivity contribution is -0.118. The Morgan fingerprint density at radius 2 is 1.90 bits per heavy atom. The predicted molar refractivity (Wildman–Crippen MR) is 127 cm³/mol. The van der Waals surface area contributed by atoms with Crippen molar-refractivity contribution in [3.63, 3.8) is 0 Å². The number of allylic oxidation sites excluding steroid dienone is 3. The largest absolute Gasteiger partial charge is 0.384 e. The normalized spacial score (nSPS) is 20.7. The molecule has 0 amide bonds. The number of ketones is 1. The summed E-state index contributed by atoms with van der Waals surface area (Å²) in [7, 11) is 0. The third-order valence-corrected chi connectivity index (χ3v) is 7.53. The Kier molecular flexibility index (Phi) is 5.68. The van der Waals surface area contributed by atoms with Gasteiger partial charge < -0.3 is 5.73 Å². The number of thiophene rings is 1. The zero-order valence-corrected chi connectivity index (χ0v) is 20.0. The van der Waals surface area contributed by atoms with Gasteiger partial charge in [0.15, 0.2) is 5.78 Å². The average Bonchev–Trinajstić information content (AvgIpc) is 3.14. The van der Waals surface area contributed by atoms with Gasteiger partial charge in [-0.05, 0) is 48.6 Å². The molecule has 0 spiro atoms. The van der Waals surface area contributed by atoms with Crippen molar-refractivity contribution in [1.29, 1.82) is 5.26 Å². The molecule has 0 saturated heterocycles. The van der Waals surface area contributed by atoms with Crippen LogP contribution in [0.2, 0.25) is 10.0 Å². The van der Waals surface area contributed by atoms with E-state index < -0.39 is 5.92 Å². The topological polar surface area (TPSA) is 70.1 Å². The minimum atomic E-state index is -0.445. The molecular formula is C24H23Cl2N3OS. The molecule has 31 heavy (non-hydrogen) atoms.